The van der Waals surface area contributed by atoms with Gasteiger partial charge in [-0.25, -0.2) is 8.42 Å². The van der Waals surface area contributed by atoms with Crippen LogP contribution >= 0.6 is 0 Å². The Kier molecular flexibility index (Phi) is 8.69. The van der Waals surface area contributed by atoms with Gasteiger partial charge in [-0.15, -0.1) is 0 Å². The molecule has 0 aliphatic carbocycles. The van der Waals surface area contributed by atoms with Gasteiger partial charge in [0.15, 0.2) is 5.96 Å². The zero-order chi connectivity index (χ0) is 17.1. The fourth-order valence-electron chi connectivity index (χ4n) is 2.17. The number of hydrogen-bond donors (Lipinski definition) is 2. The van der Waals surface area contributed by atoms with Crippen molar-refractivity contribution in [2.24, 2.45) is 4.99 Å². The highest BCUT2D eigenvalue weighted by Gasteiger charge is 2.06. The second-order valence-corrected chi connectivity index (χ2v) is 8.07. The fraction of sp³-hybridized carbons (Fsp3) is 0.588. The third-order valence-electron chi connectivity index (χ3n) is 3.38. The Balaban J connectivity index is 2.40. The summed E-state index contributed by atoms with van der Waals surface area (Å²) >= 11 is 0. The van der Waals surface area contributed by atoms with Gasteiger partial charge in [0.05, 0.1) is 5.75 Å². The number of aryl methyl sites for hydroxylation is 1. The number of nitrogens with zero attached hydrogens (tertiary/aromatic N) is 1. The minimum atomic E-state index is -2.91. The van der Waals surface area contributed by atoms with Gasteiger partial charge in [-0.05, 0) is 38.7 Å². The number of sulfone groups is 1. The molecule has 0 heterocycles. The Morgan fingerprint density at radius 3 is 2.57 bits per heavy atom. The van der Waals surface area contributed by atoms with Crippen molar-refractivity contribution in [2.45, 2.75) is 39.2 Å². The minimum absolute atomic E-state index is 0.180. The highest BCUT2D eigenvalue weighted by molar-refractivity contribution is 7.90. The van der Waals surface area contributed by atoms with E-state index >= 15 is 0 Å². The average molecular weight is 340 g/mol. The molecule has 5 nitrogen and oxygen atoms in total. The summed E-state index contributed by atoms with van der Waals surface area (Å²) in [5.74, 6) is 0.931. The lowest BCUT2D eigenvalue weighted by Gasteiger charge is -2.17. The predicted molar refractivity (Wildman–Crippen MR) is 97.7 cm³/mol. The molecule has 2 N–H and O–H groups in total. The van der Waals surface area contributed by atoms with Crippen LogP contribution in [0.25, 0.3) is 0 Å². The van der Waals surface area contributed by atoms with Crippen LogP contribution in [0.4, 0.5) is 0 Å². The van der Waals surface area contributed by atoms with Gasteiger partial charge in [-0.3, -0.25) is 4.99 Å². The number of aliphatic imine (C=N–C) groups is 1. The predicted octanol–water partition coefficient (Wildman–Crippen LogP) is 2.00. The molecule has 1 aromatic rings. The van der Waals surface area contributed by atoms with E-state index in [4.69, 9.17) is 0 Å². The van der Waals surface area contributed by atoms with E-state index in [9.17, 15) is 8.42 Å². The number of benzene rings is 1. The summed E-state index contributed by atoms with van der Waals surface area (Å²) in [6.45, 7) is 5.44. The van der Waals surface area contributed by atoms with Crippen molar-refractivity contribution in [1.82, 2.24) is 10.6 Å². The third kappa shape index (κ3) is 9.94. The first-order chi connectivity index (χ1) is 10.9. The monoisotopic (exact) mass is 339 g/mol. The van der Waals surface area contributed by atoms with Gasteiger partial charge < -0.3 is 10.6 Å². The van der Waals surface area contributed by atoms with Crippen molar-refractivity contribution < 1.29 is 8.42 Å². The highest BCUT2D eigenvalue weighted by atomic mass is 32.2. The Labute approximate surface area is 140 Å². The van der Waals surface area contributed by atoms with E-state index in [2.05, 4.69) is 46.8 Å². The molecule has 0 saturated heterocycles. The molecular weight excluding hydrogens is 310 g/mol. The van der Waals surface area contributed by atoms with Crippen LogP contribution in [0.2, 0.25) is 0 Å². The third-order valence-corrected chi connectivity index (χ3v) is 4.41. The standard InChI is InChI=1S/C17H29N3O2S/c1-4-18-17(19-13-8-14-23(3,21)22)20-15(2)11-12-16-9-6-5-7-10-16/h5-7,9-10,15H,4,8,11-14H2,1-3H3,(H2,18,19,20). The molecule has 0 amide bonds. The van der Waals surface area contributed by atoms with Gasteiger partial charge >= 0.3 is 0 Å². The summed E-state index contributed by atoms with van der Waals surface area (Å²) in [6.07, 6.45) is 3.83. The van der Waals surface area contributed by atoms with E-state index in [0.717, 1.165) is 25.3 Å². The molecule has 0 aromatic heterocycles. The quantitative estimate of drug-likeness (QED) is 0.410. The number of nitrogens with one attached hydrogen (secondary N) is 2. The Bertz CT molecular complexity index is 571. The molecule has 0 spiro atoms. The summed E-state index contributed by atoms with van der Waals surface area (Å²) in [4.78, 5) is 4.44. The molecule has 0 radical (unpaired) electrons. The van der Waals surface area contributed by atoms with Crippen molar-refractivity contribution in [2.75, 3.05) is 25.1 Å². The van der Waals surface area contributed by atoms with Crippen LogP contribution in [-0.4, -0.2) is 45.5 Å². The SMILES string of the molecule is CCNC(=NCCCS(C)(=O)=O)NC(C)CCc1ccccc1. The van der Waals surface area contributed by atoms with Crippen LogP contribution in [0.5, 0.6) is 0 Å². The molecule has 1 atom stereocenters. The zero-order valence-electron chi connectivity index (χ0n) is 14.4. The molecule has 130 valence electrons. The van der Waals surface area contributed by atoms with Gasteiger partial charge in [0.2, 0.25) is 0 Å². The van der Waals surface area contributed by atoms with Crippen LogP contribution in [-0.2, 0) is 16.3 Å². The Morgan fingerprint density at radius 1 is 1.26 bits per heavy atom. The molecule has 1 rings (SSSR count). The van der Waals surface area contributed by atoms with Crippen LogP contribution in [0.3, 0.4) is 0 Å². The lowest BCUT2D eigenvalue weighted by atomic mass is 10.1. The number of hydrogen-bond acceptors (Lipinski definition) is 3. The van der Waals surface area contributed by atoms with Gasteiger partial charge in [-0.1, -0.05) is 30.3 Å². The maximum atomic E-state index is 11.1. The molecule has 0 saturated carbocycles. The molecule has 6 heteroatoms. The van der Waals surface area contributed by atoms with E-state index in [1.54, 1.807) is 0 Å². The molecule has 1 unspecified atom stereocenters. The van der Waals surface area contributed by atoms with Crippen molar-refractivity contribution in [3.63, 3.8) is 0 Å². The number of guanidine groups is 1. The first-order valence-electron chi connectivity index (χ1n) is 8.17. The normalized spacial score (nSPS) is 13.6. The van der Waals surface area contributed by atoms with E-state index in [0.29, 0.717) is 19.0 Å². The molecule has 0 aliphatic rings. The van der Waals surface area contributed by atoms with Gasteiger partial charge in [-0.2, -0.15) is 0 Å². The van der Waals surface area contributed by atoms with Gasteiger partial charge in [0.25, 0.3) is 0 Å². The molecular formula is C17H29N3O2S. The maximum absolute atomic E-state index is 11.1. The Hall–Kier alpha value is -1.56. The van der Waals surface area contributed by atoms with E-state index in [1.807, 2.05) is 13.0 Å². The lowest BCUT2D eigenvalue weighted by molar-refractivity contribution is 0.591. The van der Waals surface area contributed by atoms with Crippen molar-refractivity contribution >= 4 is 15.8 Å². The van der Waals surface area contributed by atoms with Crippen molar-refractivity contribution in [1.29, 1.82) is 0 Å². The summed E-state index contributed by atoms with van der Waals surface area (Å²) < 4.78 is 22.2. The second kappa shape index (κ2) is 10.3. The first-order valence-corrected chi connectivity index (χ1v) is 10.2. The highest BCUT2D eigenvalue weighted by Crippen LogP contribution is 2.04. The average Bonchev–Trinajstić information content (AvgIpc) is 2.50. The molecule has 1 aromatic carbocycles. The topological polar surface area (TPSA) is 70.6 Å². The van der Waals surface area contributed by atoms with Crippen LogP contribution in [0.1, 0.15) is 32.3 Å². The minimum Gasteiger partial charge on any atom is -0.357 e. The van der Waals surface area contributed by atoms with E-state index in [-0.39, 0.29) is 5.75 Å². The molecule has 23 heavy (non-hydrogen) atoms. The summed E-state index contributed by atoms with van der Waals surface area (Å²) in [5.41, 5.74) is 1.33. The van der Waals surface area contributed by atoms with Crippen LogP contribution in [0.15, 0.2) is 35.3 Å². The van der Waals surface area contributed by atoms with Gasteiger partial charge in [0.1, 0.15) is 9.84 Å². The Morgan fingerprint density at radius 2 is 1.96 bits per heavy atom. The molecule has 0 fully saturated rings. The summed E-state index contributed by atoms with van der Waals surface area (Å²) in [7, 11) is -2.91. The first kappa shape index (κ1) is 19.5. The smallest absolute Gasteiger partial charge is 0.191 e. The fourth-order valence-corrected chi connectivity index (χ4v) is 2.82. The van der Waals surface area contributed by atoms with E-state index in [1.165, 1.54) is 11.8 Å². The largest absolute Gasteiger partial charge is 0.357 e. The zero-order valence-corrected chi connectivity index (χ0v) is 15.2. The van der Waals surface area contributed by atoms with E-state index < -0.39 is 9.84 Å². The van der Waals surface area contributed by atoms with Gasteiger partial charge in [0, 0.05) is 25.4 Å². The van der Waals surface area contributed by atoms with Crippen LogP contribution in [0, 0.1) is 0 Å². The van der Waals surface area contributed by atoms with Crippen molar-refractivity contribution in [3.05, 3.63) is 35.9 Å². The van der Waals surface area contributed by atoms with Crippen LogP contribution < -0.4 is 10.6 Å². The lowest BCUT2D eigenvalue weighted by Crippen LogP contribution is -2.42. The summed E-state index contributed by atoms with van der Waals surface area (Å²) in [6, 6.07) is 10.7. The van der Waals surface area contributed by atoms with Crippen molar-refractivity contribution in [3.8, 4) is 0 Å². The number of rotatable bonds is 9. The maximum Gasteiger partial charge on any atom is 0.191 e. The second-order valence-electron chi connectivity index (χ2n) is 5.81. The molecule has 0 bridgehead atoms. The molecule has 0 aliphatic heterocycles. The summed E-state index contributed by atoms with van der Waals surface area (Å²) in [5, 5.41) is 6.57.